The number of methoxy groups -OCH3 is 1. The Balaban J connectivity index is 2.40. The second kappa shape index (κ2) is 6.06. The van der Waals surface area contributed by atoms with E-state index in [0.717, 1.165) is 31.4 Å². The highest BCUT2D eigenvalue weighted by Crippen LogP contribution is 2.20. The molecule has 0 unspecified atom stereocenters. The first-order valence-corrected chi connectivity index (χ1v) is 6.28. The summed E-state index contributed by atoms with van der Waals surface area (Å²) in [5.74, 6) is 0.949. The second-order valence-corrected chi connectivity index (χ2v) is 5.32. The summed E-state index contributed by atoms with van der Waals surface area (Å²) in [7, 11) is 1.70. The molecular weight excluding hydrogens is 212 g/mol. The van der Waals surface area contributed by atoms with E-state index in [1.807, 2.05) is 19.9 Å². The Labute approximate surface area is 105 Å². The molecule has 0 atom stereocenters. The Hall–Kier alpha value is -1.02. The molecule has 17 heavy (non-hydrogen) atoms. The van der Waals surface area contributed by atoms with Gasteiger partial charge in [0.25, 0.3) is 0 Å². The van der Waals surface area contributed by atoms with E-state index in [1.165, 1.54) is 11.1 Å². The average Bonchev–Trinajstić information content (AvgIpc) is 2.23. The summed E-state index contributed by atoms with van der Waals surface area (Å²) in [6.45, 7) is 5.80. The highest BCUT2D eigenvalue weighted by molar-refractivity contribution is 5.36. The van der Waals surface area contributed by atoms with Crippen LogP contribution >= 0.6 is 0 Å². The van der Waals surface area contributed by atoms with Crippen molar-refractivity contribution in [3.63, 3.8) is 0 Å². The Bertz CT molecular complexity index is 350. The molecule has 0 fully saturated rings. The topological polar surface area (TPSA) is 29.5 Å². The molecule has 0 radical (unpaired) electrons. The summed E-state index contributed by atoms with van der Waals surface area (Å²) in [4.78, 5) is 0. The lowest BCUT2D eigenvalue weighted by molar-refractivity contribution is 0.0682. The number of aliphatic hydroxyl groups is 1. The van der Waals surface area contributed by atoms with Crippen molar-refractivity contribution in [2.45, 2.75) is 52.1 Å². The van der Waals surface area contributed by atoms with Crippen LogP contribution in [0.5, 0.6) is 5.75 Å². The lowest BCUT2D eigenvalue weighted by atomic mass is 9.98. The van der Waals surface area contributed by atoms with Crippen molar-refractivity contribution in [3.8, 4) is 5.75 Å². The van der Waals surface area contributed by atoms with Crippen LogP contribution in [-0.4, -0.2) is 17.8 Å². The number of rotatable bonds is 6. The van der Waals surface area contributed by atoms with Crippen LogP contribution < -0.4 is 4.74 Å². The maximum atomic E-state index is 9.61. The smallest absolute Gasteiger partial charge is 0.121 e. The summed E-state index contributed by atoms with van der Waals surface area (Å²) in [6.07, 6.45) is 4.12. The minimum Gasteiger partial charge on any atom is -0.496 e. The van der Waals surface area contributed by atoms with Gasteiger partial charge in [0, 0.05) is 0 Å². The third-order valence-electron chi connectivity index (χ3n) is 2.96. The van der Waals surface area contributed by atoms with Crippen molar-refractivity contribution in [2.24, 2.45) is 0 Å². The Kier molecular flexibility index (Phi) is 5.01. The average molecular weight is 236 g/mol. The largest absolute Gasteiger partial charge is 0.496 e. The Morgan fingerprint density at radius 3 is 2.47 bits per heavy atom. The molecule has 1 aromatic carbocycles. The van der Waals surface area contributed by atoms with Crippen molar-refractivity contribution in [1.82, 2.24) is 0 Å². The van der Waals surface area contributed by atoms with Crippen LogP contribution in [0.15, 0.2) is 18.2 Å². The van der Waals surface area contributed by atoms with Gasteiger partial charge in [0.15, 0.2) is 0 Å². The number of unbranched alkanes of at least 4 members (excludes halogenated alkanes) is 1. The Morgan fingerprint density at radius 1 is 1.24 bits per heavy atom. The quantitative estimate of drug-likeness (QED) is 0.766. The standard InChI is InChI=1S/C15H24O2/c1-12-11-13(8-9-14(12)17-4)7-5-6-10-15(2,3)16/h8-9,11,16H,5-7,10H2,1-4H3. The van der Waals surface area contributed by atoms with Gasteiger partial charge in [-0.1, -0.05) is 18.6 Å². The number of benzene rings is 1. The number of hydrogen-bond donors (Lipinski definition) is 1. The van der Waals surface area contributed by atoms with E-state index in [9.17, 15) is 5.11 Å². The van der Waals surface area contributed by atoms with E-state index < -0.39 is 5.60 Å². The molecule has 96 valence electrons. The Morgan fingerprint density at radius 2 is 1.94 bits per heavy atom. The predicted molar refractivity (Wildman–Crippen MR) is 71.6 cm³/mol. The first-order valence-electron chi connectivity index (χ1n) is 6.28. The maximum absolute atomic E-state index is 9.61. The molecule has 0 aliphatic heterocycles. The molecular formula is C15H24O2. The molecule has 0 saturated heterocycles. The summed E-state index contributed by atoms with van der Waals surface area (Å²) in [5.41, 5.74) is 2.00. The van der Waals surface area contributed by atoms with Crippen molar-refractivity contribution < 1.29 is 9.84 Å². The third kappa shape index (κ3) is 5.22. The zero-order chi connectivity index (χ0) is 12.9. The van der Waals surface area contributed by atoms with Crippen molar-refractivity contribution in [1.29, 1.82) is 0 Å². The van der Waals surface area contributed by atoms with Crippen molar-refractivity contribution >= 4 is 0 Å². The van der Waals surface area contributed by atoms with E-state index in [-0.39, 0.29) is 0 Å². The van der Waals surface area contributed by atoms with Gasteiger partial charge in [-0.15, -0.1) is 0 Å². The van der Waals surface area contributed by atoms with Crippen LogP contribution in [0.4, 0.5) is 0 Å². The van der Waals surface area contributed by atoms with Crippen LogP contribution in [0.3, 0.4) is 0 Å². The molecule has 0 heterocycles. The van der Waals surface area contributed by atoms with Crippen LogP contribution in [0.2, 0.25) is 0 Å². The van der Waals surface area contributed by atoms with E-state index >= 15 is 0 Å². The first-order chi connectivity index (χ1) is 7.92. The van der Waals surface area contributed by atoms with Gasteiger partial charge in [-0.2, -0.15) is 0 Å². The highest BCUT2D eigenvalue weighted by atomic mass is 16.5. The van der Waals surface area contributed by atoms with E-state index in [4.69, 9.17) is 4.74 Å². The lowest BCUT2D eigenvalue weighted by Gasteiger charge is -2.16. The zero-order valence-corrected chi connectivity index (χ0v) is 11.4. The molecule has 0 aromatic heterocycles. The fourth-order valence-electron chi connectivity index (χ4n) is 1.98. The monoisotopic (exact) mass is 236 g/mol. The zero-order valence-electron chi connectivity index (χ0n) is 11.4. The number of ether oxygens (including phenoxy) is 1. The van der Waals surface area contributed by atoms with E-state index in [2.05, 4.69) is 19.1 Å². The molecule has 2 heteroatoms. The molecule has 0 saturated carbocycles. The minimum absolute atomic E-state index is 0.532. The molecule has 0 bridgehead atoms. The normalized spacial score (nSPS) is 11.6. The van der Waals surface area contributed by atoms with Gasteiger partial charge in [0.05, 0.1) is 12.7 Å². The van der Waals surface area contributed by atoms with Gasteiger partial charge in [-0.25, -0.2) is 0 Å². The van der Waals surface area contributed by atoms with E-state index in [1.54, 1.807) is 7.11 Å². The summed E-state index contributed by atoms with van der Waals surface area (Å²) < 4.78 is 5.24. The highest BCUT2D eigenvalue weighted by Gasteiger charge is 2.11. The third-order valence-corrected chi connectivity index (χ3v) is 2.96. The molecule has 1 aromatic rings. The van der Waals surface area contributed by atoms with Gasteiger partial charge in [0.2, 0.25) is 0 Å². The van der Waals surface area contributed by atoms with Crippen LogP contribution in [0.25, 0.3) is 0 Å². The number of hydrogen-bond acceptors (Lipinski definition) is 2. The summed E-state index contributed by atoms with van der Waals surface area (Å²) in [5, 5.41) is 9.61. The van der Waals surface area contributed by atoms with E-state index in [0.29, 0.717) is 0 Å². The maximum Gasteiger partial charge on any atom is 0.121 e. The molecule has 1 rings (SSSR count). The van der Waals surface area contributed by atoms with Gasteiger partial charge < -0.3 is 9.84 Å². The van der Waals surface area contributed by atoms with Crippen molar-refractivity contribution in [3.05, 3.63) is 29.3 Å². The minimum atomic E-state index is -0.532. The second-order valence-electron chi connectivity index (χ2n) is 5.32. The van der Waals surface area contributed by atoms with Gasteiger partial charge in [-0.3, -0.25) is 0 Å². The lowest BCUT2D eigenvalue weighted by Crippen LogP contribution is -2.17. The molecule has 0 spiro atoms. The van der Waals surface area contributed by atoms with Gasteiger partial charge in [0.1, 0.15) is 5.75 Å². The molecule has 2 nitrogen and oxygen atoms in total. The fraction of sp³-hybridized carbons (Fsp3) is 0.600. The number of aryl methyl sites for hydroxylation is 2. The first kappa shape index (κ1) is 14.0. The summed E-state index contributed by atoms with van der Waals surface area (Å²) in [6, 6.07) is 6.33. The van der Waals surface area contributed by atoms with Crippen LogP contribution in [-0.2, 0) is 6.42 Å². The van der Waals surface area contributed by atoms with Crippen LogP contribution in [0.1, 0.15) is 44.2 Å². The SMILES string of the molecule is COc1ccc(CCCCC(C)(C)O)cc1C. The molecule has 0 amide bonds. The molecule has 1 N–H and O–H groups in total. The predicted octanol–water partition coefficient (Wildman–Crippen LogP) is 3.49. The molecule has 0 aliphatic rings. The van der Waals surface area contributed by atoms with Crippen molar-refractivity contribution in [2.75, 3.05) is 7.11 Å². The van der Waals surface area contributed by atoms with Crippen LogP contribution in [0, 0.1) is 6.92 Å². The van der Waals surface area contributed by atoms with Gasteiger partial charge >= 0.3 is 0 Å². The van der Waals surface area contributed by atoms with Gasteiger partial charge in [-0.05, 0) is 57.2 Å². The fourth-order valence-corrected chi connectivity index (χ4v) is 1.98. The summed E-state index contributed by atoms with van der Waals surface area (Å²) >= 11 is 0. The molecule has 0 aliphatic carbocycles.